The van der Waals surface area contributed by atoms with Crippen LogP contribution in [0.3, 0.4) is 0 Å². The molecule has 0 aromatic heterocycles. The molecule has 8 nitrogen and oxygen atoms in total. The maximum absolute atomic E-state index is 12.2. The summed E-state index contributed by atoms with van der Waals surface area (Å²) >= 11 is 0. The lowest BCUT2D eigenvalue weighted by Crippen LogP contribution is -2.36. The molecule has 0 aliphatic heterocycles. The van der Waals surface area contributed by atoms with E-state index in [1.54, 1.807) is 24.3 Å². The fourth-order valence-electron chi connectivity index (χ4n) is 4.13. The first kappa shape index (κ1) is 28.3. The molecule has 1 unspecified atom stereocenters. The largest absolute Gasteiger partial charge is 0.779 e. The van der Waals surface area contributed by atoms with Gasteiger partial charge < -0.3 is 29.9 Å². The van der Waals surface area contributed by atoms with Crippen molar-refractivity contribution in [3.8, 4) is 0 Å². The van der Waals surface area contributed by atoms with E-state index >= 15 is 0 Å². The zero-order chi connectivity index (χ0) is 24.7. The normalized spacial score (nSPS) is 17.4. The van der Waals surface area contributed by atoms with E-state index in [9.17, 15) is 19.0 Å². The summed E-state index contributed by atoms with van der Waals surface area (Å²) in [6.07, 6.45) is 15.1. The molecule has 2 aliphatic rings. The van der Waals surface area contributed by atoms with Gasteiger partial charge in [0.25, 0.3) is 5.91 Å². The Bertz CT molecular complexity index is 764. The number of hydrogen-bond donors (Lipinski definition) is 3. The van der Waals surface area contributed by atoms with E-state index in [1.807, 2.05) is 0 Å². The molecule has 1 aromatic rings. The molecule has 1 aromatic carbocycles. The minimum absolute atomic E-state index is 0.159. The van der Waals surface area contributed by atoms with E-state index in [-0.39, 0.29) is 24.6 Å². The van der Waals surface area contributed by atoms with Gasteiger partial charge in [-0.2, -0.15) is 0 Å². The maximum atomic E-state index is 12.2. The van der Waals surface area contributed by atoms with E-state index in [0.717, 1.165) is 51.6 Å². The van der Waals surface area contributed by atoms with E-state index in [0.29, 0.717) is 24.2 Å². The van der Waals surface area contributed by atoms with Crippen molar-refractivity contribution in [2.24, 2.45) is 0 Å². The minimum Gasteiger partial charge on any atom is -0.779 e. The van der Waals surface area contributed by atoms with Crippen molar-refractivity contribution in [2.45, 2.75) is 89.5 Å². The zero-order valence-electron chi connectivity index (χ0n) is 20.5. The van der Waals surface area contributed by atoms with Crippen LogP contribution in [0, 0.1) is 0 Å². The van der Waals surface area contributed by atoms with Crippen LogP contribution < -0.4 is 20.8 Å². The Kier molecular flexibility index (Phi) is 13.3. The number of rotatable bonds is 11. The number of carbonyl (C=O) groups excluding carboxylic acids is 2. The fraction of sp³-hybridized carbons (Fsp3) is 0.680. The SMILES string of the molecule is C1CCCC1.CP(=O)([O-])OCCCCCCNC(=O)c1ccc(NC(=O)NC2CCCC2)cc1. The summed E-state index contributed by atoms with van der Waals surface area (Å²) in [6, 6.07) is 6.84. The molecule has 34 heavy (non-hydrogen) atoms. The highest BCUT2D eigenvalue weighted by atomic mass is 31.2. The number of benzene rings is 1. The number of unbranched alkanes of at least 4 members (excludes halogenated alkanes) is 3. The van der Waals surface area contributed by atoms with Gasteiger partial charge in [-0.1, -0.05) is 57.8 Å². The Labute approximate surface area is 204 Å². The summed E-state index contributed by atoms with van der Waals surface area (Å²) in [5, 5.41) is 8.61. The van der Waals surface area contributed by atoms with Crippen LogP contribution in [0.5, 0.6) is 0 Å². The molecule has 3 amide bonds. The predicted molar refractivity (Wildman–Crippen MR) is 134 cm³/mol. The monoisotopic (exact) mass is 494 g/mol. The van der Waals surface area contributed by atoms with Crippen LogP contribution in [-0.2, 0) is 9.09 Å². The van der Waals surface area contributed by atoms with E-state index < -0.39 is 7.60 Å². The van der Waals surface area contributed by atoms with Crippen molar-refractivity contribution < 1.29 is 23.6 Å². The zero-order valence-corrected chi connectivity index (χ0v) is 21.4. The molecule has 0 radical (unpaired) electrons. The quantitative estimate of drug-likeness (QED) is 0.289. The van der Waals surface area contributed by atoms with E-state index in [1.165, 1.54) is 32.1 Å². The third-order valence-corrected chi connectivity index (χ3v) is 6.68. The Morgan fingerprint density at radius 3 is 2.12 bits per heavy atom. The molecule has 3 rings (SSSR count). The lowest BCUT2D eigenvalue weighted by Gasteiger charge is -2.17. The lowest BCUT2D eigenvalue weighted by atomic mass is 10.1. The molecular formula is C25H41N3O5P-. The molecular weight excluding hydrogens is 453 g/mol. The maximum Gasteiger partial charge on any atom is 0.319 e. The molecule has 0 heterocycles. The van der Waals surface area contributed by atoms with Gasteiger partial charge >= 0.3 is 6.03 Å². The number of nitrogens with one attached hydrogen (secondary N) is 3. The van der Waals surface area contributed by atoms with Gasteiger partial charge in [-0.05, 0) is 49.9 Å². The number of urea groups is 1. The average Bonchev–Trinajstić information content (AvgIpc) is 3.52. The second kappa shape index (κ2) is 15.9. The minimum atomic E-state index is -3.63. The predicted octanol–water partition coefficient (Wildman–Crippen LogP) is 5.19. The molecule has 9 heteroatoms. The highest BCUT2D eigenvalue weighted by Crippen LogP contribution is 2.31. The third kappa shape index (κ3) is 13.1. The number of carbonyl (C=O) groups is 2. The molecule has 0 saturated heterocycles. The number of amides is 3. The molecule has 2 fully saturated rings. The van der Waals surface area contributed by atoms with Crippen molar-refractivity contribution >= 4 is 25.2 Å². The van der Waals surface area contributed by atoms with Crippen molar-refractivity contribution in [3.63, 3.8) is 0 Å². The Balaban J connectivity index is 0.000000720. The first-order valence-corrected chi connectivity index (χ1v) is 14.7. The molecule has 2 aliphatic carbocycles. The summed E-state index contributed by atoms with van der Waals surface area (Å²) in [5.41, 5.74) is 1.18. The molecule has 3 N–H and O–H groups in total. The smallest absolute Gasteiger partial charge is 0.319 e. The first-order valence-electron chi connectivity index (χ1n) is 12.7. The Hall–Kier alpha value is -1.89. The van der Waals surface area contributed by atoms with Gasteiger partial charge in [0.1, 0.15) is 7.60 Å². The van der Waals surface area contributed by atoms with Crippen molar-refractivity contribution in [3.05, 3.63) is 29.8 Å². The van der Waals surface area contributed by atoms with Gasteiger partial charge in [-0.15, -0.1) is 0 Å². The standard InChI is InChI=1S/C20H32N3O5P.C5H10/c1-29(26,27)28-15-7-3-2-6-14-21-19(24)16-10-12-18(13-11-16)23-20(25)22-17-8-4-5-9-17;1-2-4-5-3-1/h10-13,17H,2-9,14-15H2,1H3,(H,21,24)(H,26,27)(H2,22,23,25);1-5H2/p-1. The molecule has 1 atom stereocenters. The Morgan fingerprint density at radius 1 is 0.941 bits per heavy atom. The second-order valence-electron chi connectivity index (χ2n) is 9.20. The Morgan fingerprint density at radius 2 is 1.53 bits per heavy atom. The van der Waals surface area contributed by atoms with Crippen LogP contribution in [-0.4, -0.2) is 37.8 Å². The highest BCUT2D eigenvalue weighted by molar-refractivity contribution is 7.50. The van der Waals surface area contributed by atoms with Crippen LogP contribution in [0.15, 0.2) is 24.3 Å². The van der Waals surface area contributed by atoms with Crippen molar-refractivity contribution in [1.82, 2.24) is 10.6 Å². The summed E-state index contributed by atoms with van der Waals surface area (Å²) in [5.74, 6) is -0.159. The van der Waals surface area contributed by atoms with Crippen LogP contribution >= 0.6 is 7.60 Å². The summed E-state index contributed by atoms with van der Waals surface area (Å²) in [7, 11) is -3.63. The lowest BCUT2D eigenvalue weighted by molar-refractivity contribution is -0.196. The third-order valence-electron chi connectivity index (χ3n) is 6.03. The molecule has 0 spiro atoms. The van der Waals surface area contributed by atoms with Crippen molar-refractivity contribution in [2.75, 3.05) is 25.1 Å². The van der Waals surface area contributed by atoms with Gasteiger partial charge in [0.15, 0.2) is 0 Å². The van der Waals surface area contributed by atoms with Crippen molar-refractivity contribution in [1.29, 1.82) is 0 Å². The van der Waals surface area contributed by atoms with Gasteiger partial charge in [-0.25, -0.2) is 4.79 Å². The second-order valence-corrected chi connectivity index (χ2v) is 11.0. The number of hydrogen-bond acceptors (Lipinski definition) is 5. The fourth-order valence-corrected chi connectivity index (χ4v) is 4.59. The summed E-state index contributed by atoms with van der Waals surface area (Å²) in [6.45, 7) is 1.83. The van der Waals surface area contributed by atoms with E-state index in [2.05, 4.69) is 16.0 Å². The number of anilines is 1. The molecule has 192 valence electrons. The summed E-state index contributed by atoms with van der Waals surface area (Å²) in [4.78, 5) is 35.0. The average molecular weight is 495 g/mol. The van der Waals surface area contributed by atoms with Gasteiger partial charge in [0, 0.05) is 30.5 Å². The first-order chi connectivity index (χ1) is 16.3. The van der Waals surface area contributed by atoms with Crippen LogP contribution in [0.1, 0.15) is 93.8 Å². The topological polar surface area (TPSA) is 120 Å². The van der Waals surface area contributed by atoms with Crippen LogP contribution in [0.4, 0.5) is 10.5 Å². The van der Waals surface area contributed by atoms with Crippen LogP contribution in [0.25, 0.3) is 0 Å². The molecule has 2 saturated carbocycles. The van der Waals surface area contributed by atoms with Gasteiger partial charge in [-0.3, -0.25) is 4.79 Å². The highest BCUT2D eigenvalue weighted by Gasteiger charge is 2.17. The van der Waals surface area contributed by atoms with Crippen LogP contribution in [0.2, 0.25) is 0 Å². The van der Waals surface area contributed by atoms with Gasteiger partial charge in [0.05, 0.1) is 6.61 Å². The molecule has 0 bridgehead atoms. The summed E-state index contributed by atoms with van der Waals surface area (Å²) < 4.78 is 15.6. The van der Waals surface area contributed by atoms with Gasteiger partial charge in [0.2, 0.25) is 0 Å². The van der Waals surface area contributed by atoms with E-state index in [4.69, 9.17) is 4.52 Å².